The average Bonchev–Trinajstić information content (AvgIpc) is 3.10. The summed E-state index contributed by atoms with van der Waals surface area (Å²) in [5.74, 6) is 0.610. The molecule has 1 aliphatic heterocycles. The number of nitrogens with zero attached hydrogens (tertiary/aromatic N) is 5. The lowest BCUT2D eigenvalue weighted by Gasteiger charge is -2.24. The van der Waals surface area contributed by atoms with Crippen LogP contribution in [0.4, 0.5) is 5.82 Å². The third-order valence-corrected chi connectivity index (χ3v) is 5.18. The highest BCUT2D eigenvalue weighted by Gasteiger charge is 2.33. The molecule has 8 heteroatoms. The van der Waals surface area contributed by atoms with Gasteiger partial charge < -0.3 is 10.4 Å². The van der Waals surface area contributed by atoms with Crippen LogP contribution in [0.15, 0.2) is 60.8 Å². The molecule has 0 spiro atoms. The predicted octanol–water partition coefficient (Wildman–Crippen LogP) is 3.21. The number of phenolic OH excluding ortho intramolecular Hbond substituents is 1. The van der Waals surface area contributed by atoms with Crippen molar-refractivity contribution in [3.8, 4) is 23.0 Å². The zero-order valence-corrected chi connectivity index (χ0v) is 16.1. The SMILES string of the molecule is Cc1nn(-c2nncc(-c3ccccc3)n2)c2c1C(c1cccc(O)c1)CC(=O)N2. The lowest BCUT2D eigenvalue weighted by atomic mass is 9.86. The maximum absolute atomic E-state index is 12.5. The smallest absolute Gasteiger partial charge is 0.272 e. The van der Waals surface area contributed by atoms with Crippen LogP contribution in [0.1, 0.15) is 29.2 Å². The maximum atomic E-state index is 12.5. The fourth-order valence-electron chi connectivity index (χ4n) is 3.85. The van der Waals surface area contributed by atoms with Gasteiger partial charge in [-0.05, 0) is 24.6 Å². The van der Waals surface area contributed by atoms with E-state index in [-0.39, 0.29) is 29.9 Å². The Labute approximate surface area is 172 Å². The molecule has 2 N–H and O–H groups in total. The normalized spacial score (nSPS) is 15.5. The van der Waals surface area contributed by atoms with Crippen LogP contribution in [0.5, 0.6) is 5.75 Å². The molecule has 1 aliphatic rings. The van der Waals surface area contributed by atoms with Crippen molar-refractivity contribution in [2.24, 2.45) is 0 Å². The highest BCUT2D eigenvalue weighted by molar-refractivity contribution is 5.95. The Morgan fingerprint density at radius 2 is 1.97 bits per heavy atom. The standard InChI is InChI=1S/C22H18N6O2/c1-13-20-17(15-8-5-9-16(29)10-15)11-19(30)25-21(20)28(27-13)22-24-18(12-23-26-22)14-6-3-2-4-7-14/h2-10,12,17,29H,11H2,1H3,(H,25,30). The first-order chi connectivity index (χ1) is 14.6. The van der Waals surface area contributed by atoms with Gasteiger partial charge in [0, 0.05) is 23.5 Å². The largest absolute Gasteiger partial charge is 0.508 e. The number of phenols is 1. The van der Waals surface area contributed by atoms with Gasteiger partial charge in [0.05, 0.1) is 17.6 Å². The van der Waals surface area contributed by atoms with Crippen LogP contribution in [0.3, 0.4) is 0 Å². The Balaban J connectivity index is 1.63. The quantitative estimate of drug-likeness (QED) is 0.549. The number of carbonyl (C=O) groups excluding carboxylic acids is 1. The third kappa shape index (κ3) is 3.08. The summed E-state index contributed by atoms with van der Waals surface area (Å²) in [5, 5.41) is 25.6. The number of carbonyl (C=O) groups is 1. The van der Waals surface area contributed by atoms with E-state index in [1.807, 2.05) is 43.3 Å². The second-order valence-electron chi connectivity index (χ2n) is 7.17. The van der Waals surface area contributed by atoms with E-state index in [1.165, 1.54) is 4.68 Å². The van der Waals surface area contributed by atoms with E-state index >= 15 is 0 Å². The molecule has 1 amide bonds. The van der Waals surface area contributed by atoms with Crippen molar-refractivity contribution >= 4 is 11.7 Å². The molecule has 0 fully saturated rings. The molecule has 0 bridgehead atoms. The fourth-order valence-corrected chi connectivity index (χ4v) is 3.85. The van der Waals surface area contributed by atoms with Crippen LogP contribution in [0, 0.1) is 6.92 Å². The highest BCUT2D eigenvalue weighted by atomic mass is 16.3. The molecule has 30 heavy (non-hydrogen) atoms. The summed E-state index contributed by atoms with van der Waals surface area (Å²) in [6.07, 6.45) is 1.86. The minimum atomic E-state index is -0.222. The van der Waals surface area contributed by atoms with Gasteiger partial charge in [-0.1, -0.05) is 42.5 Å². The van der Waals surface area contributed by atoms with E-state index in [2.05, 4.69) is 25.6 Å². The zero-order valence-electron chi connectivity index (χ0n) is 16.1. The molecule has 1 unspecified atom stereocenters. The van der Waals surface area contributed by atoms with Crippen molar-refractivity contribution in [2.45, 2.75) is 19.3 Å². The molecule has 2 aromatic heterocycles. The van der Waals surface area contributed by atoms with Crippen LogP contribution in [-0.4, -0.2) is 36.0 Å². The van der Waals surface area contributed by atoms with Gasteiger partial charge in [0.1, 0.15) is 11.6 Å². The minimum absolute atomic E-state index is 0.135. The predicted molar refractivity (Wildman–Crippen MR) is 110 cm³/mol. The van der Waals surface area contributed by atoms with Gasteiger partial charge in [0.2, 0.25) is 5.91 Å². The molecule has 0 saturated heterocycles. The number of aryl methyl sites for hydroxylation is 1. The topological polar surface area (TPSA) is 106 Å². The van der Waals surface area contributed by atoms with E-state index in [0.29, 0.717) is 11.5 Å². The number of amides is 1. The molecule has 4 aromatic rings. The van der Waals surface area contributed by atoms with E-state index in [0.717, 1.165) is 22.4 Å². The first-order valence-electron chi connectivity index (χ1n) is 9.54. The third-order valence-electron chi connectivity index (χ3n) is 5.18. The van der Waals surface area contributed by atoms with Gasteiger partial charge in [0.15, 0.2) is 0 Å². The second kappa shape index (κ2) is 7.07. The van der Waals surface area contributed by atoms with Gasteiger partial charge in [-0.3, -0.25) is 4.79 Å². The van der Waals surface area contributed by atoms with Crippen LogP contribution in [-0.2, 0) is 4.79 Å². The van der Waals surface area contributed by atoms with Crippen LogP contribution in [0.2, 0.25) is 0 Å². The minimum Gasteiger partial charge on any atom is -0.508 e. The van der Waals surface area contributed by atoms with Crippen LogP contribution < -0.4 is 5.32 Å². The van der Waals surface area contributed by atoms with Gasteiger partial charge in [-0.25, -0.2) is 4.98 Å². The Morgan fingerprint density at radius 3 is 2.77 bits per heavy atom. The maximum Gasteiger partial charge on any atom is 0.272 e. The number of rotatable bonds is 3. The molecule has 0 saturated carbocycles. The van der Waals surface area contributed by atoms with Crippen molar-refractivity contribution in [2.75, 3.05) is 5.32 Å². The Hall–Kier alpha value is -4.07. The molecule has 2 aromatic carbocycles. The number of hydrogen-bond acceptors (Lipinski definition) is 6. The van der Waals surface area contributed by atoms with Crippen molar-refractivity contribution in [3.63, 3.8) is 0 Å². The van der Waals surface area contributed by atoms with E-state index in [9.17, 15) is 9.90 Å². The van der Waals surface area contributed by atoms with Crippen molar-refractivity contribution in [3.05, 3.63) is 77.6 Å². The Bertz CT molecular complexity index is 1250. The number of benzene rings is 2. The lowest BCUT2D eigenvalue weighted by molar-refractivity contribution is -0.116. The fraction of sp³-hybridized carbons (Fsp3) is 0.136. The second-order valence-corrected chi connectivity index (χ2v) is 7.17. The Kier molecular flexibility index (Phi) is 4.24. The average molecular weight is 398 g/mol. The monoisotopic (exact) mass is 398 g/mol. The summed E-state index contributed by atoms with van der Waals surface area (Å²) >= 11 is 0. The van der Waals surface area contributed by atoms with E-state index in [1.54, 1.807) is 24.4 Å². The zero-order chi connectivity index (χ0) is 20.7. The van der Waals surface area contributed by atoms with Crippen LogP contribution in [0.25, 0.3) is 17.2 Å². The molecular weight excluding hydrogens is 380 g/mol. The van der Waals surface area contributed by atoms with Gasteiger partial charge >= 0.3 is 0 Å². The molecule has 1 atom stereocenters. The first-order valence-corrected chi connectivity index (χ1v) is 9.54. The van der Waals surface area contributed by atoms with Crippen molar-refractivity contribution < 1.29 is 9.90 Å². The number of aromatic nitrogens is 5. The van der Waals surface area contributed by atoms with E-state index < -0.39 is 0 Å². The van der Waals surface area contributed by atoms with Gasteiger partial charge in [-0.15, -0.1) is 5.10 Å². The number of aromatic hydroxyl groups is 1. The molecule has 5 rings (SSSR count). The van der Waals surface area contributed by atoms with Crippen molar-refractivity contribution in [1.29, 1.82) is 0 Å². The summed E-state index contributed by atoms with van der Waals surface area (Å²) in [7, 11) is 0. The molecule has 3 heterocycles. The molecule has 148 valence electrons. The number of hydrogen-bond donors (Lipinski definition) is 2. The molecule has 0 aliphatic carbocycles. The lowest BCUT2D eigenvalue weighted by Crippen LogP contribution is -2.25. The highest BCUT2D eigenvalue weighted by Crippen LogP contribution is 2.40. The van der Waals surface area contributed by atoms with Crippen molar-refractivity contribution in [1.82, 2.24) is 25.0 Å². The summed E-state index contributed by atoms with van der Waals surface area (Å²) in [6, 6.07) is 16.6. The number of fused-ring (bicyclic) bond motifs is 1. The van der Waals surface area contributed by atoms with Gasteiger partial charge in [0.25, 0.3) is 5.95 Å². The molecule has 8 nitrogen and oxygen atoms in total. The van der Waals surface area contributed by atoms with E-state index in [4.69, 9.17) is 0 Å². The summed E-state index contributed by atoms with van der Waals surface area (Å²) < 4.78 is 1.52. The summed E-state index contributed by atoms with van der Waals surface area (Å²) in [6.45, 7) is 1.89. The van der Waals surface area contributed by atoms with Crippen LogP contribution >= 0.6 is 0 Å². The molecule has 0 radical (unpaired) electrons. The summed E-state index contributed by atoms with van der Waals surface area (Å²) in [4.78, 5) is 17.1. The molecular formula is C22H18N6O2. The Morgan fingerprint density at radius 1 is 1.13 bits per heavy atom. The number of nitrogens with one attached hydrogen (secondary N) is 1. The van der Waals surface area contributed by atoms with Gasteiger partial charge in [-0.2, -0.15) is 14.9 Å². The number of anilines is 1. The summed E-state index contributed by atoms with van der Waals surface area (Å²) in [5.41, 5.74) is 4.06. The first kappa shape index (κ1) is 18.0.